The van der Waals surface area contributed by atoms with Gasteiger partial charge in [0.1, 0.15) is 12.6 Å². The number of hydrogen-bond acceptors (Lipinski definition) is 4. The predicted molar refractivity (Wildman–Crippen MR) is 137 cm³/mol. The lowest BCUT2D eigenvalue weighted by Crippen LogP contribution is -2.51. The highest BCUT2D eigenvalue weighted by Crippen LogP contribution is 2.24. The Morgan fingerprint density at radius 2 is 1.74 bits per heavy atom. The summed E-state index contributed by atoms with van der Waals surface area (Å²) >= 11 is 6.12. The van der Waals surface area contributed by atoms with Gasteiger partial charge in [-0.15, -0.1) is 0 Å². The number of nitrogens with zero attached hydrogens (tertiary/aromatic N) is 2. The van der Waals surface area contributed by atoms with Crippen LogP contribution in [0.2, 0.25) is 5.02 Å². The van der Waals surface area contributed by atoms with Gasteiger partial charge >= 0.3 is 0 Å². The van der Waals surface area contributed by atoms with Crippen LogP contribution in [0.15, 0.2) is 42.5 Å². The molecule has 1 N–H and O–H groups in total. The molecule has 0 unspecified atom stereocenters. The van der Waals surface area contributed by atoms with Crippen molar-refractivity contribution in [2.75, 3.05) is 23.7 Å². The summed E-state index contributed by atoms with van der Waals surface area (Å²) in [6, 6.07) is 11.6. The highest BCUT2D eigenvalue weighted by molar-refractivity contribution is 7.92. The van der Waals surface area contributed by atoms with Crippen molar-refractivity contribution in [1.29, 1.82) is 0 Å². The van der Waals surface area contributed by atoms with Crippen LogP contribution in [-0.4, -0.2) is 50.5 Å². The van der Waals surface area contributed by atoms with E-state index < -0.39 is 28.5 Å². The maximum Gasteiger partial charge on any atom is 0.244 e. The van der Waals surface area contributed by atoms with Crippen molar-refractivity contribution in [2.24, 2.45) is 5.92 Å². The lowest BCUT2D eigenvalue weighted by Gasteiger charge is -2.32. The van der Waals surface area contributed by atoms with Gasteiger partial charge in [0.2, 0.25) is 21.8 Å². The molecule has 0 saturated heterocycles. The van der Waals surface area contributed by atoms with Gasteiger partial charge in [0.15, 0.2) is 0 Å². The molecule has 0 fully saturated rings. The van der Waals surface area contributed by atoms with E-state index in [0.29, 0.717) is 17.3 Å². The lowest BCUT2D eigenvalue weighted by atomic mass is 10.1. The fourth-order valence-corrected chi connectivity index (χ4v) is 4.56. The van der Waals surface area contributed by atoms with Gasteiger partial charge in [0, 0.05) is 18.1 Å². The Kier molecular flexibility index (Phi) is 9.53. The second kappa shape index (κ2) is 11.7. The second-order valence-corrected chi connectivity index (χ2v) is 11.4. The van der Waals surface area contributed by atoms with Crippen LogP contribution in [0.25, 0.3) is 0 Å². The van der Waals surface area contributed by atoms with Crippen molar-refractivity contribution in [3.8, 4) is 0 Å². The van der Waals surface area contributed by atoms with Crippen LogP contribution in [0.5, 0.6) is 0 Å². The van der Waals surface area contributed by atoms with Crippen molar-refractivity contribution >= 4 is 39.1 Å². The van der Waals surface area contributed by atoms with Gasteiger partial charge in [-0.05, 0) is 61.6 Å². The highest BCUT2D eigenvalue weighted by Gasteiger charge is 2.30. The van der Waals surface area contributed by atoms with Crippen LogP contribution < -0.4 is 9.62 Å². The van der Waals surface area contributed by atoms with E-state index in [-0.39, 0.29) is 18.4 Å². The number of sulfonamides is 1. The Morgan fingerprint density at radius 3 is 2.32 bits per heavy atom. The molecule has 2 rings (SSSR count). The van der Waals surface area contributed by atoms with Crippen molar-refractivity contribution in [3.05, 3.63) is 64.2 Å². The monoisotopic (exact) mass is 507 g/mol. The largest absolute Gasteiger partial charge is 0.354 e. The summed E-state index contributed by atoms with van der Waals surface area (Å²) < 4.78 is 26.5. The standard InChI is InChI=1S/C25H34ClN3O4S/c1-17(2)14-27-25(31)20(5)28(15-21-8-7-9-22(26)13-21)24(30)16-29(34(6,32)33)23-12-18(3)10-11-19(23)4/h7-13,17,20H,14-16H2,1-6H3,(H,27,31)/t20-/m1/s1. The third-order valence-electron chi connectivity index (χ3n) is 5.41. The first-order valence-electron chi connectivity index (χ1n) is 11.2. The Balaban J connectivity index is 2.41. The molecular formula is C25H34ClN3O4S. The van der Waals surface area contributed by atoms with E-state index in [9.17, 15) is 18.0 Å². The number of carbonyl (C=O) groups excluding carboxylic acids is 2. The minimum absolute atomic E-state index is 0.111. The first-order chi connectivity index (χ1) is 15.8. The molecule has 0 aliphatic rings. The number of halogens is 1. The highest BCUT2D eigenvalue weighted by atomic mass is 35.5. The fraction of sp³-hybridized carbons (Fsp3) is 0.440. The van der Waals surface area contributed by atoms with Gasteiger partial charge in [-0.1, -0.05) is 49.7 Å². The normalized spacial score (nSPS) is 12.4. The smallest absolute Gasteiger partial charge is 0.244 e. The third-order valence-corrected chi connectivity index (χ3v) is 6.77. The molecule has 34 heavy (non-hydrogen) atoms. The van der Waals surface area contributed by atoms with Crippen LogP contribution in [0.4, 0.5) is 5.69 Å². The fourth-order valence-electron chi connectivity index (χ4n) is 3.45. The van der Waals surface area contributed by atoms with Gasteiger partial charge in [-0.25, -0.2) is 8.42 Å². The topological polar surface area (TPSA) is 86.8 Å². The quantitative estimate of drug-likeness (QED) is 0.528. The molecule has 2 aromatic rings. The lowest BCUT2D eigenvalue weighted by molar-refractivity contribution is -0.139. The molecule has 0 aliphatic heterocycles. The van der Waals surface area contributed by atoms with Gasteiger partial charge in [0.25, 0.3) is 0 Å². The molecular weight excluding hydrogens is 474 g/mol. The Labute approximate surface area is 208 Å². The molecule has 0 bridgehead atoms. The summed E-state index contributed by atoms with van der Waals surface area (Å²) in [7, 11) is -3.77. The van der Waals surface area contributed by atoms with Gasteiger partial charge in [0.05, 0.1) is 11.9 Å². The van der Waals surface area contributed by atoms with Gasteiger partial charge in [-0.3, -0.25) is 13.9 Å². The van der Waals surface area contributed by atoms with Crippen molar-refractivity contribution in [3.63, 3.8) is 0 Å². The number of aryl methyl sites for hydroxylation is 2. The van der Waals surface area contributed by atoms with E-state index in [0.717, 1.165) is 27.3 Å². The zero-order valence-electron chi connectivity index (χ0n) is 20.6. The zero-order valence-corrected chi connectivity index (χ0v) is 22.2. The number of anilines is 1. The van der Waals surface area contributed by atoms with E-state index >= 15 is 0 Å². The average Bonchev–Trinajstić information content (AvgIpc) is 2.74. The summed E-state index contributed by atoms with van der Waals surface area (Å²) in [6.45, 7) is 9.41. The van der Waals surface area contributed by atoms with Crippen molar-refractivity contribution < 1.29 is 18.0 Å². The van der Waals surface area contributed by atoms with E-state index in [1.54, 1.807) is 38.1 Å². The summed E-state index contributed by atoms with van der Waals surface area (Å²) in [5.74, 6) is -0.543. The van der Waals surface area contributed by atoms with Crippen LogP contribution in [0.3, 0.4) is 0 Å². The van der Waals surface area contributed by atoms with E-state index in [2.05, 4.69) is 5.32 Å². The molecule has 7 nitrogen and oxygen atoms in total. The zero-order chi connectivity index (χ0) is 25.6. The second-order valence-electron chi connectivity index (χ2n) is 9.03. The molecule has 0 spiro atoms. The Hall–Kier alpha value is -2.58. The Bertz CT molecular complexity index is 1130. The van der Waals surface area contributed by atoms with Crippen LogP contribution in [0, 0.1) is 19.8 Å². The van der Waals surface area contributed by atoms with Crippen LogP contribution >= 0.6 is 11.6 Å². The SMILES string of the molecule is Cc1ccc(C)c(N(CC(=O)N(Cc2cccc(Cl)c2)[C@H](C)C(=O)NCC(C)C)S(C)(=O)=O)c1. The maximum absolute atomic E-state index is 13.6. The molecule has 1 atom stereocenters. The Morgan fingerprint density at radius 1 is 1.06 bits per heavy atom. The van der Waals surface area contributed by atoms with Crippen molar-refractivity contribution in [1.82, 2.24) is 10.2 Å². The molecule has 2 amide bonds. The molecule has 0 heterocycles. The van der Waals surface area contributed by atoms with E-state index in [4.69, 9.17) is 11.6 Å². The molecule has 2 aromatic carbocycles. The number of amides is 2. The van der Waals surface area contributed by atoms with Crippen LogP contribution in [0.1, 0.15) is 37.5 Å². The van der Waals surface area contributed by atoms with Gasteiger partial charge in [-0.2, -0.15) is 0 Å². The summed E-state index contributed by atoms with van der Waals surface area (Å²) in [5.41, 5.74) is 2.78. The molecule has 186 valence electrons. The molecule has 9 heteroatoms. The first-order valence-corrected chi connectivity index (χ1v) is 13.4. The number of rotatable bonds is 10. The molecule has 0 saturated carbocycles. The van der Waals surface area contributed by atoms with Crippen molar-refractivity contribution in [2.45, 2.75) is 47.2 Å². The van der Waals surface area contributed by atoms with E-state index in [1.165, 1.54) is 4.90 Å². The van der Waals surface area contributed by atoms with E-state index in [1.807, 2.05) is 39.0 Å². The summed E-state index contributed by atoms with van der Waals surface area (Å²) in [6.07, 6.45) is 1.07. The maximum atomic E-state index is 13.6. The molecule has 0 radical (unpaired) electrons. The predicted octanol–water partition coefficient (Wildman–Crippen LogP) is 3.91. The number of nitrogens with one attached hydrogen (secondary N) is 1. The minimum Gasteiger partial charge on any atom is -0.354 e. The number of benzene rings is 2. The number of hydrogen-bond donors (Lipinski definition) is 1. The molecule has 0 aliphatic carbocycles. The van der Waals surface area contributed by atoms with Gasteiger partial charge < -0.3 is 10.2 Å². The average molecular weight is 508 g/mol. The molecule has 0 aromatic heterocycles. The summed E-state index contributed by atoms with van der Waals surface area (Å²) in [4.78, 5) is 27.8. The third kappa shape index (κ3) is 7.74. The first kappa shape index (κ1) is 27.7. The van der Waals surface area contributed by atoms with Crippen LogP contribution in [-0.2, 0) is 26.2 Å². The summed E-state index contributed by atoms with van der Waals surface area (Å²) in [5, 5.41) is 3.36. The minimum atomic E-state index is -3.77. The number of carbonyl (C=O) groups is 2.